The minimum absolute atomic E-state index is 0.107. The van der Waals surface area contributed by atoms with Gasteiger partial charge in [0, 0.05) is 28.8 Å². The van der Waals surface area contributed by atoms with Gasteiger partial charge in [-0.3, -0.25) is 68.4 Å². The maximum atomic E-state index is 14.9. The summed E-state index contributed by atoms with van der Waals surface area (Å²) in [5.41, 5.74) is 5.57. The molecule has 20 nitrogen and oxygen atoms in total. The summed E-state index contributed by atoms with van der Waals surface area (Å²) in [6, 6.07) is 76.0. The molecule has 14 rings (SSSR count). The molecule has 0 atom stereocenters. The zero-order valence-corrected chi connectivity index (χ0v) is 47.8. The maximum absolute atomic E-state index is 14.9. The van der Waals surface area contributed by atoms with Gasteiger partial charge in [-0.15, -0.1) is 0 Å². The van der Waals surface area contributed by atoms with Crippen molar-refractivity contribution in [2.24, 2.45) is 0 Å². The van der Waals surface area contributed by atoms with Crippen LogP contribution in [0.4, 0.5) is 42.9 Å². The highest BCUT2D eigenvalue weighted by atomic mass is 19.1. The van der Waals surface area contributed by atoms with Crippen LogP contribution in [-0.2, 0) is 11.2 Å². The van der Waals surface area contributed by atoms with Crippen molar-refractivity contribution in [2.45, 2.75) is 6.42 Å². The van der Waals surface area contributed by atoms with E-state index in [0.717, 1.165) is 56.4 Å². The summed E-state index contributed by atoms with van der Waals surface area (Å²) in [4.78, 5) is 86.1. The molecule has 450 valence electrons. The molecule has 2 aromatic heterocycles. The molecule has 13 aromatic rings. The van der Waals surface area contributed by atoms with E-state index >= 15 is 0 Å². The van der Waals surface area contributed by atoms with Crippen LogP contribution in [-0.4, -0.2) is 43.9 Å². The number of nitro groups is 4. The summed E-state index contributed by atoms with van der Waals surface area (Å²) >= 11 is 0. The number of nitrogens with zero attached hydrogens (tertiary/aromatic N) is 9. The fraction of sp³-hybridized carbons (Fsp3) is 0.0143. The van der Waals surface area contributed by atoms with Gasteiger partial charge in [0.05, 0.1) is 77.0 Å². The summed E-state index contributed by atoms with van der Waals surface area (Å²) in [6.45, 7) is 0. The normalized spacial score (nSPS) is 11.5. The lowest BCUT2D eigenvalue weighted by Gasteiger charge is -2.21. The van der Waals surface area contributed by atoms with Crippen molar-refractivity contribution in [3.05, 3.63) is 339 Å². The van der Waals surface area contributed by atoms with Gasteiger partial charge in [-0.05, 0) is 70.8 Å². The largest absolute Gasteiger partial charge is 0.338 e. The highest BCUT2D eigenvalue weighted by Crippen LogP contribution is 2.42. The number of benzene rings is 11. The number of anilines is 2. The molecule has 0 radical (unpaired) electrons. The zero-order valence-electron chi connectivity index (χ0n) is 47.8. The van der Waals surface area contributed by atoms with Gasteiger partial charge in [0.15, 0.2) is 0 Å². The van der Waals surface area contributed by atoms with E-state index in [0.29, 0.717) is 39.9 Å². The Labute approximate surface area is 518 Å². The van der Waals surface area contributed by atoms with Crippen LogP contribution in [0.3, 0.4) is 0 Å². The number of amides is 1. The molecule has 0 saturated heterocycles. The highest BCUT2D eigenvalue weighted by Gasteiger charge is 2.34. The number of aromatic nitrogens is 4. The first-order valence-corrected chi connectivity index (χ1v) is 28.2. The van der Waals surface area contributed by atoms with Crippen molar-refractivity contribution in [3.63, 3.8) is 0 Å². The van der Waals surface area contributed by atoms with Crippen LogP contribution in [0.25, 0.3) is 78.2 Å². The number of imidazole rings is 2. The number of hydrogen-bond donors (Lipinski definition) is 0. The molecule has 1 aliphatic heterocycles. The average molecular weight is 1230 g/mol. The minimum atomic E-state index is -1.45. The van der Waals surface area contributed by atoms with Gasteiger partial charge in [-0.1, -0.05) is 188 Å². The molecule has 11 aromatic carbocycles. The summed E-state index contributed by atoms with van der Waals surface area (Å²) in [5.74, 6) is -2.76. The van der Waals surface area contributed by atoms with E-state index < -0.39 is 65.5 Å². The van der Waals surface area contributed by atoms with E-state index in [1.54, 1.807) is 72.8 Å². The Hall–Kier alpha value is -13.1. The molecule has 22 heteroatoms. The van der Waals surface area contributed by atoms with E-state index in [1.165, 1.54) is 24.3 Å². The Kier molecular flexibility index (Phi) is 16.1. The number of para-hydroxylation sites is 8. The van der Waals surface area contributed by atoms with Crippen molar-refractivity contribution in [1.29, 1.82) is 0 Å². The number of fused-ring (bicyclic) bond motifs is 3. The van der Waals surface area contributed by atoms with Crippen LogP contribution in [0.1, 0.15) is 5.56 Å². The van der Waals surface area contributed by atoms with Gasteiger partial charge in [0.25, 0.3) is 11.4 Å². The molecule has 0 aliphatic carbocycles. The van der Waals surface area contributed by atoms with E-state index in [9.17, 15) is 63.6 Å². The van der Waals surface area contributed by atoms with Gasteiger partial charge in [-0.25, -0.2) is 9.59 Å². The molecule has 1 aliphatic rings. The lowest BCUT2D eigenvalue weighted by atomic mass is 10.0. The van der Waals surface area contributed by atoms with Crippen LogP contribution in [0.5, 0.6) is 0 Å². The molecule has 0 saturated carbocycles. The second kappa shape index (κ2) is 24.9. The molecule has 0 spiro atoms. The van der Waals surface area contributed by atoms with Crippen LogP contribution >= 0.6 is 0 Å². The quantitative estimate of drug-likeness (QED) is 0.0822. The molecule has 92 heavy (non-hydrogen) atoms. The third-order valence-electron chi connectivity index (χ3n) is 15.4. The predicted molar refractivity (Wildman–Crippen MR) is 344 cm³/mol. The lowest BCUT2D eigenvalue weighted by molar-refractivity contribution is -0.397. The van der Waals surface area contributed by atoms with Gasteiger partial charge < -0.3 is 0 Å². The van der Waals surface area contributed by atoms with Crippen LogP contribution < -0.4 is 16.3 Å². The molecule has 3 heterocycles. The number of nitro benzene ring substituents is 4. The van der Waals surface area contributed by atoms with E-state index in [4.69, 9.17) is 0 Å². The second-order valence-corrected chi connectivity index (χ2v) is 20.7. The Morgan fingerprint density at radius 2 is 0.598 bits per heavy atom. The van der Waals surface area contributed by atoms with Crippen LogP contribution in [0, 0.1) is 52.1 Å². The summed E-state index contributed by atoms with van der Waals surface area (Å²) < 4.78 is 30.6. The van der Waals surface area contributed by atoms with Crippen molar-refractivity contribution >= 4 is 62.1 Å². The first kappa shape index (κ1) is 59.2. The topological polar surface area (TPSA) is 247 Å². The zero-order chi connectivity index (χ0) is 64.3. The monoisotopic (exact) mass is 1230 g/mol. The van der Waals surface area contributed by atoms with E-state index in [-0.39, 0.29) is 29.4 Å². The number of halogens is 2. The standard InChI is InChI=1S/C44H28N6O6.C20H15NO.C6H2F2N2O4/c51-43-45(33-21-9-7-19-31(33)29-15-3-1-4-16-29)35-23-11-13-25-37(35)47(43)39-27-40(42(50(55)56)28-41(39)49(53)54)48-38-26-14-12-24-36(38)46(44(48)52)34-22-10-8-20-32(34)30-17-5-2-6-18-30;22-20-14-16-10-4-6-12-18(16)21(20)19-13-7-5-11-17(19)15-8-2-1-3-9-15;7-3-1-4(8)6(10(13)14)2-5(3)9(11)12/h1-28H;1-13H,14H2;1-2H. The molecule has 0 bridgehead atoms. The lowest BCUT2D eigenvalue weighted by Crippen LogP contribution is -2.25. The SMILES string of the molecule is O=C1Cc2ccccc2N1c1ccccc1-c1ccccc1.O=[N+]([O-])c1cc([N+](=O)[O-])c(F)cc1F.O=c1n(-c2ccccc2-c2ccccc2)c2ccccc2n1-c1cc(-n2c(=O)n(-c3ccccc3-c3ccccc3)c3ccccc32)c([N+](=O)[O-])cc1[N+](=O)[O-]. The molecule has 0 N–H and O–H groups in total. The molecule has 1 amide bonds. The first-order chi connectivity index (χ1) is 44.6. The van der Waals surface area contributed by atoms with Crippen molar-refractivity contribution in [3.8, 4) is 56.1 Å². The average Bonchev–Trinajstić information content (AvgIpc) is 1.57. The van der Waals surface area contributed by atoms with Crippen molar-refractivity contribution in [2.75, 3.05) is 4.90 Å². The third-order valence-corrected chi connectivity index (χ3v) is 15.4. The van der Waals surface area contributed by atoms with Gasteiger partial charge >= 0.3 is 22.8 Å². The Morgan fingerprint density at radius 3 is 0.978 bits per heavy atom. The number of rotatable bonds is 12. The van der Waals surface area contributed by atoms with E-state index in [1.807, 2.05) is 150 Å². The second-order valence-electron chi connectivity index (χ2n) is 20.7. The number of carbonyl (C=O) groups excluding carboxylic acids is 1. The molecular weight excluding hydrogens is 1180 g/mol. The van der Waals surface area contributed by atoms with Crippen molar-refractivity contribution in [1.82, 2.24) is 18.3 Å². The van der Waals surface area contributed by atoms with E-state index in [2.05, 4.69) is 18.2 Å². The first-order valence-electron chi connectivity index (χ1n) is 28.2. The van der Waals surface area contributed by atoms with Crippen LogP contribution in [0.15, 0.2) is 270 Å². The molecular formula is C70H45F2N9O11. The van der Waals surface area contributed by atoms with Crippen molar-refractivity contribution < 1.29 is 33.3 Å². The fourth-order valence-electron chi connectivity index (χ4n) is 11.4. The minimum Gasteiger partial charge on any atom is -0.280 e. The molecule has 0 fully saturated rings. The Morgan fingerprint density at radius 1 is 0.304 bits per heavy atom. The molecule has 0 unspecified atom stereocenters. The number of carbonyl (C=O) groups is 1. The third kappa shape index (κ3) is 11.0. The van der Waals surface area contributed by atoms with Crippen LogP contribution in [0.2, 0.25) is 0 Å². The van der Waals surface area contributed by atoms with Gasteiger partial charge in [0.1, 0.15) is 17.4 Å². The van der Waals surface area contributed by atoms with Gasteiger partial charge in [-0.2, -0.15) is 8.78 Å². The Balaban J connectivity index is 0.000000183. The highest BCUT2D eigenvalue weighted by molar-refractivity contribution is 6.09. The smallest absolute Gasteiger partial charge is 0.280 e. The summed E-state index contributed by atoms with van der Waals surface area (Å²) in [6.07, 6.45) is 0.472. The summed E-state index contributed by atoms with van der Waals surface area (Å²) in [7, 11) is 0. The maximum Gasteiger partial charge on any atom is 0.338 e. The summed E-state index contributed by atoms with van der Waals surface area (Å²) in [5, 5.41) is 45.9. The van der Waals surface area contributed by atoms with Gasteiger partial charge in [0.2, 0.25) is 17.5 Å². The predicted octanol–water partition coefficient (Wildman–Crippen LogP) is 15.4. The Bertz CT molecular complexity index is 4980. The number of hydrogen-bond acceptors (Lipinski definition) is 11. The fourth-order valence-corrected chi connectivity index (χ4v) is 11.4.